The van der Waals surface area contributed by atoms with Gasteiger partial charge in [0.15, 0.2) is 0 Å². The molecule has 2 aromatic rings. The third kappa shape index (κ3) is 3.38. The van der Waals surface area contributed by atoms with Crippen molar-refractivity contribution in [2.45, 2.75) is 57.3 Å². The van der Waals surface area contributed by atoms with Gasteiger partial charge in [0, 0.05) is 43.6 Å². The lowest BCUT2D eigenvalue weighted by molar-refractivity contribution is 0.0477. The number of benzene rings is 1. The van der Waals surface area contributed by atoms with Gasteiger partial charge in [-0.05, 0) is 50.3 Å². The molecule has 0 saturated carbocycles. The van der Waals surface area contributed by atoms with Crippen LogP contribution >= 0.6 is 0 Å². The van der Waals surface area contributed by atoms with Gasteiger partial charge in [0.25, 0.3) is 5.91 Å². The SMILES string of the molecule is Cc1ccc(C(=O)N(C)C2CC3CCC(C2)N3Cc2ccccc2)cn1. The summed E-state index contributed by atoms with van der Waals surface area (Å²) in [6.45, 7) is 2.97. The molecule has 0 aliphatic carbocycles. The van der Waals surface area contributed by atoms with Crippen molar-refractivity contribution < 1.29 is 4.79 Å². The molecule has 4 heteroatoms. The second-order valence-corrected chi connectivity index (χ2v) is 7.77. The molecule has 2 bridgehead atoms. The number of carbonyl (C=O) groups is 1. The monoisotopic (exact) mass is 349 g/mol. The van der Waals surface area contributed by atoms with Crippen molar-refractivity contribution in [2.24, 2.45) is 0 Å². The van der Waals surface area contributed by atoms with Gasteiger partial charge in [0.1, 0.15) is 0 Å². The Bertz CT molecular complexity index is 745. The van der Waals surface area contributed by atoms with Crippen LogP contribution in [0.5, 0.6) is 0 Å². The van der Waals surface area contributed by atoms with Crippen LogP contribution in [0.3, 0.4) is 0 Å². The smallest absolute Gasteiger partial charge is 0.255 e. The maximum atomic E-state index is 12.8. The number of rotatable bonds is 4. The molecule has 2 aliphatic heterocycles. The highest BCUT2D eigenvalue weighted by atomic mass is 16.2. The Morgan fingerprint density at radius 1 is 1.12 bits per heavy atom. The highest BCUT2D eigenvalue weighted by molar-refractivity contribution is 5.94. The van der Waals surface area contributed by atoms with Gasteiger partial charge in [0.05, 0.1) is 5.56 Å². The fraction of sp³-hybridized carbons (Fsp3) is 0.455. The van der Waals surface area contributed by atoms with E-state index in [0.29, 0.717) is 23.7 Å². The predicted molar refractivity (Wildman–Crippen MR) is 103 cm³/mol. The molecule has 0 N–H and O–H groups in total. The third-order valence-electron chi connectivity index (χ3n) is 6.09. The average Bonchev–Trinajstić information content (AvgIpc) is 2.90. The van der Waals surface area contributed by atoms with Crippen molar-refractivity contribution in [3.8, 4) is 0 Å². The van der Waals surface area contributed by atoms with E-state index in [9.17, 15) is 4.79 Å². The van der Waals surface area contributed by atoms with Crippen molar-refractivity contribution in [3.05, 3.63) is 65.5 Å². The van der Waals surface area contributed by atoms with Gasteiger partial charge in [-0.3, -0.25) is 14.7 Å². The van der Waals surface area contributed by atoms with E-state index in [0.717, 1.165) is 25.1 Å². The van der Waals surface area contributed by atoms with Crippen LogP contribution in [0.15, 0.2) is 48.7 Å². The Hall–Kier alpha value is -2.20. The van der Waals surface area contributed by atoms with E-state index >= 15 is 0 Å². The first-order valence-electron chi connectivity index (χ1n) is 9.61. The number of nitrogens with zero attached hydrogens (tertiary/aromatic N) is 3. The Kier molecular flexibility index (Phi) is 4.77. The maximum Gasteiger partial charge on any atom is 0.255 e. The first-order valence-corrected chi connectivity index (χ1v) is 9.61. The second-order valence-electron chi connectivity index (χ2n) is 7.77. The van der Waals surface area contributed by atoms with E-state index in [4.69, 9.17) is 0 Å². The number of aryl methyl sites for hydroxylation is 1. The molecule has 2 saturated heterocycles. The lowest BCUT2D eigenvalue weighted by Crippen LogP contribution is -2.50. The van der Waals surface area contributed by atoms with Crippen molar-refractivity contribution in [1.29, 1.82) is 0 Å². The van der Waals surface area contributed by atoms with Crippen LogP contribution in [0.4, 0.5) is 0 Å². The highest BCUT2D eigenvalue weighted by Gasteiger charge is 2.42. The minimum absolute atomic E-state index is 0.0957. The van der Waals surface area contributed by atoms with Crippen LogP contribution in [-0.2, 0) is 6.54 Å². The van der Waals surface area contributed by atoms with Crippen LogP contribution < -0.4 is 0 Å². The van der Waals surface area contributed by atoms with E-state index < -0.39 is 0 Å². The van der Waals surface area contributed by atoms with Crippen LogP contribution in [0, 0.1) is 6.92 Å². The summed E-state index contributed by atoms with van der Waals surface area (Å²) < 4.78 is 0. The highest BCUT2D eigenvalue weighted by Crippen LogP contribution is 2.38. The number of aromatic nitrogens is 1. The van der Waals surface area contributed by atoms with Crippen molar-refractivity contribution in [3.63, 3.8) is 0 Å². The van der Waals surface area contributed by atoms with Crippen LogP contribution in [0.2, 0.25) is 0 Å². The van der Waals surface area contributed by atoms with Crippen molar-refractivity contribution in [1.82, 2.24) is 14.8 Å². The Morgan fingerprint density at radius 2 is 1.81 bits per heavy atom. The molecule has 3 heterocycles. The topological polar surface area (TPSA) is 36.4 Å². The fourth-order valence-corrected chi connectivity index (χ4v) is 4.58. The molecular formula is C22H27N3O. The molecule has 0 radical (unpaired) electrons. The zero-order valence-electron chi connectivity index (χ0n) is 15.6. The Morgan fingerprint density at radius 3 is 2.42 bits per heavy atom. The number of hydrogen-bond donors (Lipinski definition) is 0. The zero-order valence-corrected chi connectivity index (χ0v) is 15.6. The zero-order chi connectivity index (χ0) is 18.1. The summed E-state index contributed by atoms with van der Waals surface area (Å²) in [7, 11) is 1.96. The maximum absolute atomic E-state index is 12.8. The largest absolute Gasteiger partial charge is 0.339 e. The number of carbonyl (C=O) groups excluding carboxylic acids is 1. The molecule has 4 nitrogen and oxygen atoms in total. The quantitative estimate of drug-likeness (QED) is 0.845. The van der Waals surface area contributed by atoms with E-state index in [1.807, 2.05) is 31.0 Å². The number of pyridine rings is 1. The number of hydrogen-bond acceptors (Lipinski definition) is 3. The summed E-state index contributed by atoms with van der Waals surface area (Å²) >= 11 is 0. The van der Waals surface area contributed by atoms with E-state index in [2.05, 4.69) is 40.2 Å². The molecule has 2 fully saturated rings. The Balaban J connectivity index is 1.43. The summed E-state index contributed by atoms with van der Waals surface area (Å²) in [4.78, 5) is 21.7. The van der Waals surface area contributed by atoms with Crippen LogP contribution in [0.25, 0.3) is 0 Å². The average molecular weight is 349 g/mol. The third-order valence-corrected chi connectivity index (χ3v) is 6.09. The first kappa shape index (κ1) is 17.2. The minimum atomic E-state index is 0.0957. The van der Waals surface area contributed by atoms with Gasteiger partial charge in [-0.25, -0.2) is 0 Å². The molecule has 2 atom stereocenters. The lowest BCUT2D eigenvalue weighted by Gasteiger charge is -2.42. The molecule has 136 valence electrons. The summed E-state index contributed by atoms with van der Waals surface area (Å²) in [6, 6.07) is 16.0. The van der Waals surface area contributed by atoms with Gasteiger partial charge in [-0.2, -0.15) is 0 Å². The van der Waals surface area contributed by atoms with Gasteiger partial charge < -0.3 is 4.90 Å². The van der Waals surface area contributed by atoms with Gasteiger partial charge in [-0.1, -0.05) is 30.3 Å². The van der Waals surface area contributed by atoms with E-state index in [1.165, 1.54) is 18.4 Å². The molecule has 2 aliphatic rings. The first-order chi connectivity index (χ1) is 12.6. The minimum Gasteiger partial charge on any atom is -0.339 e. The fourth-order valence-electron chi connectivity index (χ4n) is 4.58. The molecular weight excluding hydrogens is 322 g/mol. The van der Waals surface area contributed by atoms with Gasteiger partial charge in [0.2, 0.25) is 0 Å². The van der Waals surface area contributed by atoms with E-state index in [-0.39, 0.29) is 5.91 Å². The van der Waals surface area contributed by atoms with Gasteiger partial charge in [-0.15, -0.1) is 0 Å². The van der Waals surface area contributed by atoms with Crippen molar-refractivity contribution in [2.75, 3.05) is 7.05 Å². The standard InChI is InChI=1S/C22H27N3O/c1-16-8-9-18(14-23-16)22(26)24(2)21-12-19-10-11-20(13-21)25(19)15-17-6-4-3-5-7-17/h3-9,14,19-21H,10-13,15H2,1-2H3. The summed E-state index contributed by atoms with van der Waals surface area (Å²) in [5.41, 5.74) is 3.02. The number of amides is 1. The number of piperidine rings is 1. The molecule has 0 spiro atoms. The molecule has 1 amide bonds. The summed E-state index contributed by atoms with van der Waals surface area (Å²) in [6.07, 6.45) is 6.35. The van der Waals surface area contributed by atoms with Crippen LogP contribution in [0.1, 0.15) is 47.3 Å². The summed E-state index contributed by atoms with van der Waals surface area (Å²) in [5.74, 6) is 0.0957. The summed E-state index contributed by atoms with van der Waals surface area (Å²) in [5, 5.41) is 0. The Labute approximate surface area is 155 Å². The van der Waals surface area contributed by atoms with E-state index in [1.54, 1.807) is 6.20 Å². The molecule has 2 unspecified atom stereocenters. The van der Waals surface area contributed by atoms with Crippen LogP contribution in [-0.4, -0.2) is 45.9 Å². The molecule has 1 aromatic carbocycles. The molecule has 4 rings (SSSR count). The lowest BCUT2D eigenvalue weighted by atomic mass is 9.95. The molecule has 1 aromatic heterocycles. The normalized spacial score (nSPS) is 25.2. The molecule has 26 heavy (non-hydrogen) atoms. The van der Waals surface area contributed by atoms with Gasteiger partial charge >= 0.3 is 0 Å². The number of fused-ring (bicyclic) bond motifs is 2. The van der Waals surface area contributed by atoms with Crippen molar-refractivity contribution >= 4 is 5.91 Å². The second kappa shape index (κ2) is 7.20. The predicted octanol–water partition coefficient (Wildman–Crippen LogP) is 3.66.